The fourth-order valence-corrected chi connectivity index (χ4v) is 3.91. The molecule has 0 radical (unpaired) electrons. The third-order valence-electron chi connectivity index (χ3n) is 5.69. The summed E-state index contributed by atoms with van der Waals surface area (Å²) in [5.41, 5.74) is 1.63. The van der Waals surface area contributed by atoms with Crippen LogP contribution in [0.15, 0.2) is 18.3 Å². The third kappa shape index (κ3) is 4.64. The van der Waals surface area contributed by atoms with Crippen molar-refractivity contribution in [2.24, 2.45) is 11.3 Å². The first-order chi connectivity index (χ1) is 13.5. The van der Waals surface area contributed by atoms with Crippen LogP contribution in [-0.2, 0) is 14.4 Å². The van der Waals surface area contributed by atoms with Gasteiger partial charge in [0.05, 0.1) is 0 Å². The van der Waals surface area contributed by atoms with Gasteiger partial charge in [0, 0.05) is 25.1 Å². The summed E-state index contributed by atoms with van der Waals surface area (Å²) in [4.78, 5) is 39.4. The van der Waals surface area contributed by atoms with Gasteiger partial charge in [0.2, 0.25) is 17.7 Å². The molecular weight excluding hydrogens is 362 g/mol. The molecule has 2 heterocycles. The summed E-state index contributed by atoms with van der Waals surface area (Å²) in [6.07, 6.45) is 6.30. The van der Waals surface area contributed by atoms with Crippen molar-refractivity contribution in [1.29, 1.82) is 0 Å². The van der Waals surface area contributed by atoms with Gasteiger partial charge < -0.3 is 10.2 Å². The largest absolute Gasteiger partial charge is 0.330 e. The number of carbonyl (C=O) groups is 3. The van der Waals surface area contributed by atoms with Crippen LogP contribution in [0, 0.1) is 11.3 Å². The fourth-order valence-electron chi connectivity index (χ4n) is 3.91. The van der Waals surface area contributed by atoms with E-state index in [1.807, 2.05) is 6.92 Å². The topological polar surface area (TPSA) is 125 Å². The minimum absolute atomic E-state index is 0.0224. The lowest BCUT2D eigenvalue weighted by Gasteiger charge is -2.28. The SMILES string of the molecule is CCCC[C@H](CC(=O)NO)C(=O)N1CC2(CC2)C[C@H]1C(=O)Nc1cccnn1. The second-order valence-corrected chi connectivity index (χ2v) is 7.86. The molecule has 1 aliphatic heterocycles. The van der Waals surface area contributed by atoms with Gasteiger partial charge in [0.1, 0.15) is 6.04 Å². The molecule has 3 amide bonds. The maximum absolute atomic E-state index is 13.2. The zero-order valence-electron chi connectivity index (χ0n) is 16.1. The average Bonchev–Trinajstić information content (AvgIpc) is 3.35. The summed E-state index contributed by atoms with van der Waals surface area (Å²) in [6.45, 7) is 2.55. The van der Waals surface area contributed by atoms with Crippen LogP contribution in [0.25, 0.3) is 0 Å². The molecule has 1 spiro atoms. The Kier molecular flexibility index (Phi) is 6.23. The number of nitrogens with zero attached hydrogens (tertiary/aromatic N) is 3. The second-order valence-electron chi connectivity index (χ2n) is 7.86. The lowest BCUT2D eigenvalue weighted by atomic mass is 9.96. The van der Waals surface area contributed by atoms with Crippen molar-refractivity contribution in [3.8, 4) is 0 Å². The van der Waals surface area contributed by atoms with Crippen LogP contribution in [0.4, 0.5) is 5.82 Å². The van der Waals surface area contributed by atoms with Crippen LogP contribution in [0.5, 0.6) is 0 Å². The van der Waals surface area contributed by atoms with Crippen LogP contribution >= 0.6 is 0 Å². The molecule has 152 valence electrons. The van der Waals surface area contributed by atoms with Crippen molar-refractivity contribution < 1.29 is 19.6 Å². The van der Waals surface area contributed by atoms with Gasteiger partial charge in [0.15, 0.2) is 5.82 Å². The van der Waals surface area contributed by atoms with E-state index in [2.05, 4.69) is 15.5 Å². The van der Waals surface area contributed by atoms with E-state index in [-0.39, 0.29) is 23.7 Å². The number of carbonyl (C=O) groups excluding carboxylic acids is 3. The smallest absolute Gasteiger partial charge is 0.248 e. The molecule has 0 unspecified atom stereocenters. The molecule has 3 N–H and O–H groups in total. The number of likely N-dealkylation sites (tertiary alicyclic amines) is 1. The molecule has 0 aromatic carbocycles. The van der Waals surface area contributed by atoms with E-state index in [9.17, 15) is 14.4 Å². The van der Waals surface area contributed by atoms with E-state index in [1.54, 1.807) is 22.5 Å². The fraction of sp³-hybridized carbons (Fsp3) is 0.632. The lowest BCUT2D eigenvalue weighted by Crippen LogP contribution is -2.46. The summed E-state index contributed by atoms with van der Waals surface area (Å²) in [6, 6.07) is 2.74. The molecule has 9 heteroatoms. The number of unbranched alkanes of at least 4 members (excludes halogenated alkanes) is 1. The zero-order chi connectivity index (χ0) is 20.1. The third-order valence-corrected chi connectivity index (χ3v) is 5.69. The number of hydrogen-bond acceptors (Lipinski definition) is 6. The Morgan fingerprint density at radius 2 is 2.18 bits per heavy atom. The van der Waals surface area contributed by atoms with Crippen molar-refractivity contribution >= 4 is 23.5 Å². The molecule has 2 aliphatic rings. The average molecular weight is 389 g/mol. The van der Waals surface area contributed by atoms with Crippen LogP contribution in [0.1, 0.15) is 51.9 Å². The normalized spacial score (nSPS) is 20.6. The first kappa shape index (κ1) is 20.2. The first-order valence-electron chi connectivity index (χ1n) is 9.80. The molecule has 2 atom stereocenters. The minimum Gasteiger partial charge on any atom is -0.330 e. The maximum atomic E-state index is 13.2. The number of hydrogen-bond donors (Lipinski definition) is 3. The first-order valence-corrected chi connectivity index (χ1v) is 9.80. The van der Waals surface area contributed by atoms with E-state index >= 15 is 0 Å². The molecule has 1 saturated carbocycles. The monoisotopic (exact) mass is 389 g/mol. The van der Waals surface area contributed by atoms with Crippen molar-refractivity contribution in [2.45, 2.75) is 57.9 Å². The van der Waals surface area contributed by atoms with Gasteiger partial charge in [-0.25, -0.2) is 5.48 Å². The Morgan fingerprint density at radius 3 is 2.79 bits per heavy atom. The Balaban J connectivity index is 1.74. The van der Waals surface area contributed by atoms with Crippen LogP contribution in [-0.4, -0.2) is 50.6 Å². The molecule has 0 bridgehead atoms. The highest BCUT2D eigenvalue weighted by Crippen LogP contribution is 2.55. The summed E-state index contributed by atoms with van der Waals surface area (Å²) >= 11 is 0. The number of nitrogens with one attached hydrogen (secondary N) is 2. The molecule has 9 nitrogen and oxygen atoms in total. The van der Waals surface area contributed by atoms with Gasteiger partial charge >= 0.3 is 0 Å². The van der Waals surface area contributed by atoms with Gasteiger partial charge in [-0.3, -0.25) is 19.6 Å². The van der Waals surface area contributed by atoms with Crippen molar-refractivity contribution in [3.05, 3.63) is 18.3 Å². The molecule has 1 aliphatic carbocycles. The standard InChI is InChI=1S/C19H27N5O4/c1-2-3-5-13(10-16(25)23-28)18(27)24-12-19(7-8-19)11-14(24)17(26)21-15-6-4-9-20-22-15/h4,6,9,13-14,28H,2-3,5,7-8,10-12H2,1H3,(H,23,25)(H,21,22,26)/t13-,14+/m1/s1. The molecule has 28 heavy (non-hydrogen) atoms. The lowest BCUT2D eigenvalue weighted by molar-refractivity contribution is -0.143. The minimum atomic E-state index is -0.588. The molecule has 1 aromatic heterocycles. The molecule has 3 rings (SSSR count). The molecular formula is C19H27N5O4. The Morgan fingerprint density at radius 1 is 1.39 bits per heavy atom. The molecule has 2 fully saturated rings. The highest BCUT2D eigenvalue weighted by molar-refractivity contribution is 5.98. The Bertz CT molecular complexity index is 722. The number of aromatic nitrogens is 2. The molecule has 1 aromatic rings. The van der Waals surface area contributed by atoms with Crippen molar-refractivity contribution in [2.75, 3.05) is 11.9 Å². The van der Waals surface area contributed by atoms with Gasteiger partial charge in [0.25, 0.3) is 0 Å². The predicted octanol–water partition coefficient (Wildman–Crippen LogP) is 1.50. The summed E-state index contributed by atoms with van der Waals surface area (Å²) < 4.78 is 0. The summed E-state index contributed by atoms with van der Waals surface area (Å²) in [7, 11) is 0. The van der Waals surface area contributed by atoms with Crippen LogP contribution in [0.3, 0.4) is 0 Å². The molecule has 1 saturated heterocycles. The van der Waals surface area contributed by atoms with Gasteiger partial charge in [-0.05, 0) is 43.2 Å². The highest BCUT2D eigenvalue weighted by atomic mass is 16.5. The number of anilines is 1. The Labute approximate surface area is 163 Å². The predicted molar refractivity (Wildman–Crippen MR) is 100 cm³/mol. The van der Waals surface area contributed by atoms with Crippen LogP contribution < -0.4 is 10.8 Å². The highest BCUT2D eigenvalue weighted by Gasteiger charge is 2.55. The van der Waals surface area contributed by atoms with E-state index in [1.165, 1.54) is 6.20 Å². The van der Waals surface area contributed by atoms with Crippen molar-refractivity contribution in [3.63, 3.8) is 0 Å². The van der Waals surface area contributed by atoms with Gasteiger partial charge in [-0.15, -0.1) is 5.10 Å². The van der Waals surface area contributed by atoms with Gasteiger partial charge in [-0.2, -0.15) is 5.10 Å². The maximum Gasteiger partial charge on any atom is 0.248 e. The second kappa shape index (κ2) is 8.64. The zero-order valence-corrected chi connectivity index (χ0v) is 16.1. The summed E-state index contributed by atoms with van der Waals surface area (Å²) in [5.74, 6) is -1.26. The van der Waals surface area contributed by atoms with E-state index in [4.69, 9.17) is 5.21 Å². The van der Waals surface area contributed by atoms with Gasteiger partial charge in [-0.1, -0.05) is 19.8 Å². The quantitative estimate of drug-likeness (QED) is 0.457. The number of amides is 3. The number of rotatable bonds is 8. The van der Waals surface area contributed by atoms with E-state index in [0.717, 1.165) is 25.7 Å². The van der Waals surface area contributed by atoms with Crippen LogP contribution in [0.2, 0.25) is 0 Å². The van der Waals surface area contributed by atoms with E-state index < -0.39 is 17.9 Å². The van der Waals surface area contributed by atoms with E-state index in [0.29, 0.717) is 25.2 Å². The van der Waals surface area contributed by atoms with Crippen molar-refractivity contribution in [1.82, 2.24) is 20.6 Å². The number of hydroxylamine groups is 1. The Hall–Kier alpha value is -2.55. The summed E-state index contributed by atoms with van der Waals surface area (Å²) in [5, 5.41) is 19.2.